The van der Waals surface area contributed by atoms with Crippen LogP contribution in [0.4, 0.5) is 0 Å². The summed E-state index contributed by atoms with van der Waals surface area (Å²) in [5, 5.41) is 10.4. The Kier molecular flexibility index (Phi) is 4.90. The third-order valence-electron chi connectivity index (χ3n) is 5.75. The summed E-state index contributed by atoms with van der Waals surface area (Å²) in [5.41, 5.74) is 4.53. The molecule has 0 amide bonds. The van der Waals surface area contributed by atoms with E-state index in [0.717, 1.165) is 41.3 Å². The summed E-state index contributed by atoms with van der Waals surface area (Å²) in [6.07, 6.45) is 6.68. The Balaban J connectivity index is 1.96. The molecule has 0 atom stereocenters. The number of benzene rings is 2. The Bertz CT molecular complexity index is 1040. The molecule has 0 aliphatic heterocycles. The number of hydrogen-bond donors (Lipinski definition) is 2. The smallest absolute Gasteiger partial charge is 0.335 e. The molecule has 0 saturated heterocycles. The number of nitrogens with one attached hydrogen (secondary N) is 1. The summed E-state index contributed by atoms with van der Waals surface area (Å²) < 4.78 is 5.26. The normalized spacial score (nSPS) is 14.9. The van der Waals surface area contributed by atoms with E-state index < -0.39 is 5.97 Å². The van der Waals surface area contributed by atoms with E-state index in [-0.39, 0.29) is 5.56 Å². The van der Waals surface area contributed by atoms with E-state index in [4.69, 9.17) is 4.74 Å². The number of aldehydes is 1. The number of aromatic nitrogens is 1. The molecule has 2 aromatic carbocycles. The predicted octanol–water partition coefficient (Wildman–Crippen LogP) is 5.40. The van der Waals surface area contributed by atoms with Crippen molar-refractivity contribution in [3.63, 3.8) is 0 Å². The van der Waals surface area contributed by atoms with Crippen LogP contribution in [0.2, 0.25) is 0 Å². The second-order valence-corrected chi connectivity index (χ2v) is 7.39. The Morgan fingerprint density at radius 1 is 1.14 bits per heavy atom. The molecule has 1 aromatic heterocycles. The summed E-state index contributed by atoms with van der Waals surface area (Å²) in [6, 6.07) is 10.7. The number of carbonyl (C=O) groups is 2. The van der Waals surface area contributed by atoms with Crippen LogP contribution in [0.3, 0.4) is 0 Å². The average Bonchev–Trinajstić information content (AvgIpc) is 3.12. The summed E-state index contributed by atoms with van der Waals surface area (Å²) in [4.78, 5) is 26.6. The molecule has 144 valence electrons. The van der Waals surface area contributed by atoms with E-state index in [0.29, 0.717) is 17.2 Å². The number of H-pyrrole nitrogens is 1. The van der Waals surface area contributed by atoms with Crippen LogP contribution in [-0.2, 0) is 0 Å². The lowest BCUT2D eigenvalue weighted by atomic mass is 9.81. The SMILES string of the molecule is COc1ccc(-c2[nH]c3cc(C(=O)O)ccc3c2C2CCCCC2)c(C=O)c1. The minimum atomic E-state index is -0.949. The van der Waals surface area contributed by atoms with Gasteiger partial charge in [0.05, 0.1) is 18.4 Å². The molecule has 1 fully saturated rings. The van der Waals surface area contributed by atoms with Crippen molar-refractivity contribution < 1.29 is 19.4 Å². The Morgan fingerprint density at radius 3 is 2.61 bits per heavy atom. The van der Waals surface area contributed by atoms with Gasteiger partial charge in [-0.05, 0) is 54.7 Å². The van der Waals surface area contributed by atoms with Gasteiger partial charge in [-0.2, -0.15) is 0 Å². The van der Waals surface area contributed by atoms with Gasteiger partial charge in [0.25, 0.3) is 0 Å². The number of methoxy groups -OCH3 is 1. The van der Waals surface area contributed by atoms with Gasteiger partial charge in [-0.1, -0.05) is 25.3 Å². The van der Waals surface area contributed by atoms with Crippen LogP contribution >= 0.6 is 0 Å². The van der Waals surface area contributed by atoms with Crippen LogP contribution < -0.4 is 4.74 Å². The Hall–Kier alpha value is -3.08. The molecule has 28 heavy (non-hydrogen) atoms. The molecule has 5 nitrogen and oxygen atoms in total. The number of aromatic carboxylic acids is 1. The molecule has 2 N–H and O–H groups in total. The highest BCUT2D eigenvalue weighted by Gasteiger charge is 2.25. The summed E-state index contributed by atoms with van der Waals surface area (Å²) >= 11 is 0. The van der Waals surface area contributed by atoms with Gasteiger partial charge >= 0.3 is 5.97 Å². The molecule has 0 bridgehead atoms. The van der Waals surface area contributed by atoms with Crippen molar-refractivity contribution in [2.45, 2.75) is 38.0 Å². The van der Waals surface area contributed by atoms with Crippen LogP contribution in [0, 0.1) is 0 Å². The minimum Gasteiger partial charge on any atom is -0.497 e. The highest BCUT2D eigenvalue weighted by molar-refractivity contribution is 5.99. The summed E-state index contributed by atoms with van der Waals surface area (Å²) in [7, 11) is 1.58. The minimum absolute atomic E-state index is 0.251. The third kappa shape index (κ3) is 3.17. The van der Waals surface area contributed by atoms with E-state index >= 15 is 0 Å². The van der Waals surface area contributed by atoms with Crippen molar-refractivity contribution in [1.82, 2.24) is 4.98 Å². The number of rotatable bonds is 5. The van der Waals surface area contributed by atoms with E-state index in [1.165, 1.54) is 24.8 Å². The van der Waals surface area contributed by atoms with Crippen molar-refractivity contribution in [3.8, 4) is 17.0 Å². The number of ether oxygens (including phenoxy) is 1. The molecule has 3 aromatic rings. The number of fused-ring (bicyclic) bond motifs is 1. The highest BCUT2D eigenvalue weighted by atomic mass is 16.5. The highest BCUT2D eigenvalue weighted by Crippen LogP contribution is 2.43. The number of aromatic amines is 1. The Morgan fingerprint density at radius 2 is 1.93 bits per heavy atom. The van der Waals surface area contributed by atoms with E-state index in [9.17, 15) is 14.7 Å². The topological polar surface area (TPSA) is 79.4 Å². The average molecular weight is 377 g/mol. The van der Waals surface area contributed by atoms with Crippen LogP contribution in [0.25, 0.3) is 22.2 Å². The van der Waals surface area contributed by atoms with E-state index in [1.807, 2.05) is 18.2 Å². The zero-order valence-corrected chi connectivity index (χ0v) is 15.8. The maximum Gasteiger partial charge on any atom is 0.335 e. The van der Waals surface area contributed by atoms with Gasteiger partial charge < -0.3 is 14.8 Å². The lowest BCUT2D eigenvalue weighted by molar-refractivity contribution is 0.0697. The Labute approximate surface area is 163 Å². The van der Waals surface area contributed by atoms with Crippen molar-refractivity contribution in [3.05, 3.63) is 53.1 Å². The molecule has 1 aliphatic carbocycles. The molecular weight excluding hydrogens is 354 g/mol. The van der Waals surface area contributed by atoms with Gasteiger partial charge in [0.1, 0.15) is 5.75 Å². The lowest BCUT2D eigenvalue weighted by Gasteiger charge is -2.23. The lowest BCUT2D eigenvalue weighted by Crippen LogP contribution is -2.06. The first-order valence-electron chi connectivity index (χ1n) is 9.65. The first-order valence-corrected chi connectivity index (χ1v) is 9.65. The molecule has 0 unspecified atom stereocenters. The largest absolute Gasteiger partial charge is 0.497 e. The first-order chi connectivity index (χ1) is 13.6. The zero-order chi connectivity index (χ0) is 19.7. The third-order valence-corrected chi connectivity index (χ3v) is 5.75. The van der Waals surface area contributed by atoms with Gasteiger partial charge in [0.2, 0.25) is 0 Å². The molecule has 0 spiro atoms. The van der Waals surface area contributed by atoms with Gasteiger partial charge in [0.15, 0.2) is 6.29 Å². The van der Waals surface area contributed by atoms with Gasteiger partial charge in [-0.25, -0.2) is 4.79 Å². The van der Waals surface area contributed by atoms with Gasteiger partial charge in [-0.3, -0.25) is 4.79 Å². The fourth-order valence-corrected chi connectivity index (χ4v) is 4.37. The molecule has 1 saturated carbocycles. The van der Waals surface area contributed by atoms with E-state index in [1.54, 1.807) is 25.3 Å². The number of hydrogen-bond acceptors (Lipinski definition) is 3. The van der Waals surface area contributed by atoms with Gasteiger partial charge in [-0.15, -0.1) is 0 Å². The second kappa shape index (κ2) is 7.50. The number of carbonyl (C=O) groups excluding carboxylic acids is 1. The molecular formula is C23H23NO4. The fraction of sp³-hybridized carbons (Fsp3) is 0.304. The molecule has 1 heterocycles. The molecule has 4 rings (SSSR count). The standard InChI is InChI=1S/C23H23NO4/c1-28-17-8-10-18(16(11-17)13-25)22-21(14-5-3-2-4-6-14)19-9-7-15(23(26)27)12-20(19)24-22/h7-14,24H,2-6H2,1H3,(H,26,27). The van der Waals surface area contributed by atoms with E-state index in [2.05, 4.69) is 4.98 Å². The van der Waals surface area contributed by atoms with Crippen LogP contribution in [0.5, 0.6) is 5.75 Å². The monoisotopic (exact) mass is 377 g/mol. The van der Waals surface area contributed by atoms with Crippen molar-refractivity contribution in [1.29, 1.82) is 0 Å². The number of carboxylic acids is 1. The second-order valence-electron chi connectivity index (χ2n) is 7.39. The first kappa shape index (κ1) is 18.3. The number of carboxylic acid groups (broad SMARTS) is 1. The van der Waals surface area contributed by atoms with Crippen LogP contribution in [-0.4, -0.2) is 29.5 Å². The van der Waals surface area contributed by atoms with Crippen molar-refractivity contribution in [2.75, 3.05) is 7.11 Å². The van der Waals surface area contributed by atoms with Gasteiger partial charge in [0, 0.05) is 22.0 Å². The quantitative estimate of drug-likeness (QED) is 0.583. The molecule has 0 radical (unpaired) electrons. The fourth-order valence-electron chi connectivity index (χ4n) is 4.37. The zero-order valence-electron chi connectivity index (χ0n) is 15.8. The summed E-state index contributed by atoms with van der Waals surface area (Å²) in [5.74, 6) is 0.0828. The maximum absolute atomic E-state index is 11.8. The van der Waals surface area contributed by atoms with Crippen LogP contribution in [0.15, 0.2) is 36.4 Å². The van der Waals surface area contributed by atoms with Crippen LogP contribution in [0.1, 0.15) is 64.3 Å². The van der Waals surface area contributed by atoms with Crippen molar-refractivity contribution in [2.24, 2.45) is 0 Å². The summed E-state index contributed by atoms with van der Waals surface area (Å²) in [6.45, 7) is 0. The van der Waals surface area contributed by atoms with Crippen molar-refractivity contribution >= 4 is 23.2 Å². The predicted molar refractivity (Wildman–Crippen MR) is 108 cm³/mol. The maximum atomic E-state index is 11.8. The molecule has 5 heteroatoms. The molecule has 1 aliphatic rings.